The number of anilines is 1. The number of nitrogens with zero attached hydrogens (tertiary/aromatic N) is 2. The van der Waals surface area contributed by atoms with Crippen molar-refractivity contribution in [3.8, 4) is 5.75 Å². The van der Waals surface area contributed by atoms with Gasteiger partial charge in [0.2, 0.25) is 11.8 Å². The van der Waals surface area contributed by atoms with E-state index < -0.39 is 28.5 Å². The fraction of sp³-hybridized carbons (Fsp3) is 0.259. The smallest absolute Gasteiger partial charge is 0.264 e. The average Bonchev–Trinajstić information content (AvgIpc) is 2.90. The summed E-state index contributed by atoms with van der Waals surface area (Å²) >= 11 is 9.34. The third kappa shape index (κ3) is 6.86. The van der Waals surface area contributed by atoms with Crippen molar-refractivity contribution in [2.75, 3.05) is 25.0 Å². The predicted molar refractivity (Wildman–Crippen MR) is 152 cm³/mol. The molecule has 8 nitrogen and oxygen atoms in total. The zero-order valence-corrected chi connectivity index (χ0v) is 24.6. The maximum atomic E-state index is 13.9. The van der Waals surface area contributed by atoms with E-state index in [9.17, 15) is 18.0 Å². The SMILES string of the molecule is CNC(=O)[C@@H](C)N(Cc1ccc(Cl)cc1)C(=O)CN(c1ccc(C)cc1)S(=O)(=O)c1ccc(OC)c(Br)c1. The Labute approximate surface area is 236 Å². The van der Waals surface area contributed by atoms with Gasteiger partial charge in [-0.15, -0.1) is 0 Å². The fourth-order valence-corrected chi connectivity index (χ4v) is 6.01. The number of ether oxygens (including phenoxy) is 1. The van der Waals surface area contributed by atoms with Crippen molar-refractivity contribution < 1.29 is 22.7 Å². The summed E-state index contributed by atoms with van der Waals surface area (Å²) in [5, 5.41) is 3.09. The van der Waals surface area contributed by atoms with Crippen LogP contribution in [0.3, 0.4) is 0 Å². The maximum absolute atomic E-state index is 13.9. The van der Waals surface area contributed by atoms with Gasteiger partial charge in [-0.05, 0) is 77.8 Å². The van der Waals surface area contributed by atoms with Gasteiger partial charge in [-0.2, -0.15) is 0 Å². The molecule has 0 bridgehead atoms. The predicted octanol–water partition coefficient (Wildman–Crippen LogP) is 4.78. The molecule has 0 unspecified atom stereocenters. The Morgan fingerprint density at radius 2 is 1.68 bits per heavy atom. The second-order valence-corrected chi connectivity index (χ2v) is 11.7. The summed E-state index contributed by atoms with van der Waals surface area (Å²) in [6.07, 6.45) is 0. The van der Waals surface area contributed by atoms with Crippen LogP contribution in [0.25, 0.3) is 0 Å². The molecule has 3 aromatic rings. The Bertz CT molecular complexity index is 1400. The van der Waals surface area contributed by atoms with Crippen LogP contribution in [0.2, 0.25) is 5.02 Å². The van der Waals surface area contributed by atoms with Crippen molar-refractivity contribution in [1.82, 2.24) is 10.2 Å². The van der Waals surface area contributed by atoms with Crippen LogP contribution in [0, 0.1) is 6.92 Å². The molecule has 11 heteroatoms. The molecule has 3 rings (SSSR count). The van der Waals surface area contributed by atoms with Crippen LogP contribution in [0.15, 0.2) is 76.1 Å². The number of rotatable bonds is 10. The molecule has 202 valence electrons. The van der Waals surface area contributed by atoms with E-state index in [4.69, 9.17) is 16.3 Å². The summed E-state index contributed by atoms with van der Waals surface area (Å²) in [5.74, 6) is -0.459. The van der Waals surface area contributed by atoms with Gasteiger partial charge in [-0.1, -0.05) is 41.4 Å². The largest absolute Gasteiger partial charge is 0.496 e. The van der Waals surface area contributed by atoms with Crippen LogP contribution in [0.4, 0.5) is 5.69 Å². The number of carbonyl (C=O) groups excluding carboxylic acids is 2. The number of sulfonamides is 1. The van der Waals surface area contributed by atoms with Crippen LogP contribution >= 0.6 is 27.5 Å². The highest BCUT2D eigenvalue weighted by Gasteiger charge is 2.32. The average molecular weight is 623 g/mol. The molecule has 0 heterocycles. The molecule has 0 aliphatic carbocycles. The molecule has 0 spiro atoms. The molecule has 0 saturated heterocycles. The normalized spacial score (nSPS) is 11.9. The van der Waals surface area contributed by atoms with Gasteiger partial charge < -0.3 is 15.0 Å². The van der Waals surface area contributed by atoms with Crippen LogP contribution in [0.5, 0.6) is 5.75 Å². The minimum atomic E-state index is -4.19. The third-order valence-electron chi connectivity index (χ3n) is 5.99. The van der Waals surface area contributed by atoms with Gasteiger partial charge in [-0.25, -0.2) is 8.42 Å². The summed E-state index contributed by atoms with van der Waals surface area (Å²) in [7, 11) is -1.23. The topological polar surface area (TPSA) is 96.0 Å². The first-order valence-electron chi connectivity index (χ1n) is 11.7. The number of halogens is 2. The van der Waals surface area contributed by atoms with E-state index in [0.717, 1.165) is 15.4 Å². The van der Waals surface area contributed by atoms with Crippen molar-refractivity contribution in [2.45, 2.75) is 31.3 Å². The van der Waals surface area contributed by atoms with Gasteiger partial charge in [0.15, 0.2) is 0 Å². The molecule has 2 amide bonds. The Balaban J connectivity index is 2.04. The lowest BCUT2D eigenvalue weighted by molar-refractivity contribution is -0.139. The molecule has 38 heavy (non-hydrogen) atoms. The summed E-state index contributed by atoms with van der Waals surface area (Å²) in [5.41, 5.74) is 1.99. The lowest BCUT2D eigenvalue weighted by atomic mass is 10.1. The van der Waals surface area contributed by atoms with E-state index in [1.807, 2.05) is 6.92 Å². The number of methoxy groups -OCH3 is 1. The first-order chi connectivity index (χ1) is 18.0. The molecule has 1 atom stereocenters. The monoisotopic (exact) mass is 621 g/mol. The van der Waals surface area contributed by atoms with Gasteiger partial charge in [0, 0.05) is 18.6 Å². The summed E-state index contributed by atoms with van der Waals surface area (Å²) in [4.78, 5) is 27.6. The molecule has 3 aromatic carbocycles. The van der Waals surface area contributed by atoms with E-state index in [-0.39, 0.29) is 17.3 Å². The Morgan fingerprint density at radius 1 is 1.05 bits per heavy atom. The Hall–Kier alpha value is -3.08. The first kappa shape index (κ1) is 29.5. The van der Waals surface area contributed by atoms with E-state index in [1.54, 1.807) is 55.5 Å². The standard InChI is InChI=1S/C27H29BrClN3O5S/c1-18-5-11-22(12-6-18)32(38(35,36)23-13-14-25(37-4)24(28)15-23)17-26(33)31(19(2)27(34)30-3)16-20-7-9-21(29)10-8-20/h5-15,19H,16-17H2,1-4H3,(H,30,34)/t19-/m1/s1. The molecule has 1 N–H and O–H groups in total. The molecule has 0 aromatic heterocycles. The van der Waals surface area contributed by atoms with Crippen molar-refractivity contribution >= 4 is 55.1 Å². The fourth-order valence-electron chi connectivity index (χ4n) is 3.75. The van der Waals surface area contributed by atoms with Crippen LogP contribution in [0.1, 0.15) is 18.1 Å². The van der Waals surface area contributed by atoms with Crippen molar-refractivity contribution in [3.63, 3.8) is 0 Å². The minimum absolute atomic E-state index is 0.0258. The Morgan fingerprint density at radius 3 is 2.24 bits per heavy atom. The van der Waals surface area contributed by atoms with E-state index >= 15 is 0 Å². The van der Waals surface area contributed by atoms with Gasteiger partial charge in [-0.3, -0.25) is 13.9 Å². The molecular formula is C27H29BrClN3O5S. The van der Waals surface area contributed by atoms with Crippen molar-refractivity contribution in [2.24, 2.45) is 0 Å². The number of benzene rings is 3. The highest BCUT2D eigenvalue weighted by molar-refractivity contribution is 9.10. The Kier molecular flexibility index (Phi) is 9.81. The van der Waals surface area contributed by atoms with Gasteiger partial charge >= 0.3 is 0 Å². The van der Waals surface area contributed by atoms with E-state index in [1.165, 1.54) is 37.3 Å². The van der Waals surface area contributed by atoms with Gasteiger partial charge in [0.1, 0.15) is 18.3 Å². The zero-order valence-electron chi connectivity index (χ0n) is 21.4. The lowest BCUT2D eigenvalue weighted by Gasteiger charge is -2.32. The molecule has 0 fully saturated rings. The van der Waals surface area contributed by atoms with Crippen molar-refractivity contribution in [1.29, 1.82) is 0 Å². The molecule has 0 saturated carbocycles. The van der Waals surface area contributed by atoms with Crippen LogP contribution in [-0.4, -0.2) is 51.9 Å². The van der Waals surface area contributed by atoms with Gasteiger partial charge in [0.05, 0.1) is 22.2 Å². The molecular weight excluding hydrogens is 594 g/mol. The second kappa shape index (κ2) is 12.6. The summed E-state index contributed by atoms with van der Waals surface area (Å²) < 4.78 is 34.5. The van der Waals surface area contributed by atoms with Crippen molar-refractivity contribution in [3.05, 3.63) is 87.4 Å². The number of hydrogen-bond donors (Lipinski definition) is 1. The minimum Gasteiger partial charge on any atom is -0.496 e. The number of carbonyl (C=O) groups is 2. The van der Waals surface area contributed by atoms with Crippen LogP contribution in [-0.2, 0) is 26.2 Å². The highest BCUT2D eigenvalue weighted by atomic mass is 79.9. The molecule has 0 radical (unpaired) electrons. The van der Waals surface area contributed by atoms with Gasteiger partial charge in [0.25, 0.3) is 10.0 Å². The number of hydrogen-bond acceptors (Lipinski definition) is 5. The van der Waals surface area contributed by atoms with E-state index in [2.05, 4.69) is 21.2 Å². The number of amides is 2. The summed E-state index contributed by atoms with van der Waals surface area (Å²) in [6, 6.07) is 17.2. The molecule has 0 aliphatic heterocycles. The van der Waals surface area contributed by atoms with E-state index in [0.29, 0.717) is 20.9 Å². The number of aryl methyl sites for hydroxylation is 1. The highest BCUT2D eigenvalue weighted by Crippen LogP contribution is 2.31. The first-order valence-corrected chi connectivity index (χ1v) is 14.3. The number of likely N-dealkylation sites (N-methyl/N-ethyl adjacent to an activating group) is 1. The number of nitrogens with one attached hydrogen (secondary N) is 1. The maximum Gasteiger partial charge on any atom is 0.264 e. The second-order valence-electron chi connectivity index (χ2n) is 8.58. The van der Waals surface area contributed by atoms with Crippen LogP contribution < -0.4 is 14.4 Å². The third-order valence-corrected chi connectivity index (χ3v) is 8.63. The lowest BCUT2D eigenvalue weighted by Crippen LogP contribution is -2.50. The molecule has 0 aliphatic rings. The quantitative estimate of drug-likeness (QED) is 0.351. The summed E-state index contributed by atoms with van der Waals surface area (Å²) in [6.45, 7) is 3.04. The zero-order chi connectivity index (χ0) is 28.0.